The fourth-order valence-corrected chi connectivity index (χ4v) is 1.56. The number of hydrogen-bond acceptors (Lipinski definition) is 4. The maximum Gasteiger partial charge on any atom is 0.322 e. The van der Waals surface area contributed by atoms with Crippen LogP contribution in [0, 0.1) is 0 Å². The molecule has 0 fully saturated rings. The lowest BCUT2D eigenvalue weighted by Gasteiger charge is -2.04. The molecule has 112 valence electrons. The Kier molecular flexibility index (Phi) is 4.15. The molecule has 0 aliphatic heterocycles. The first-order chi connectivity index (χ1) is 9.90. The van der Waals surface area contributed by atoms with Crippen molar-refractivity contribution < 1.29 is 18.1 Å². The second-order valence-corrected chi connectivity index (χ2v) is 4.44. The van der Waals surface area contributed by atoms with E-state index in [2.05, 4.69) is 25.3 Å². The first-order valence-electron chi connectivity index (χ1n) is 6.17. The highest BCUT2D eigenvalue weighted by molar-refractivity contribution is 5.73. The summed E-state index contributed by atoms with van der Waals surface area (Å²) < 4.78 is 30.6. The van der Waals surface area contributed by atoms with Gasteiger partial charge in [0.25, 0.3) is 5.89 Å². The molecule has 2 aromatic rings. The highest BCUT2D eigenvalue weighted by atomic mass is 19.3. The quantitative estimate of drug-likeness (QED) is 0.907. The summed E-state index contributed by atoms with van der Waals surface area (Å²) in [7, 11) is 1.52. The molecule has 0 aliphatic rings. The van der Waals surface area contributed by atoms with E-state index < -0.39 is 11.8 Å². The number of rotatable bonds is 4. The second-order valence-electron chi connectivity index (χ2n) is 4.44. The Morgan fingerprint density at radius 2 is 2.00 bits per heavy atom. The van der Waals surface area contributed by atoms with Crippen molar-refractivity contribution in [3.05, 3.63) is 35.7 Å². The molecular weight excluding hydrogens is 282 g/mol. The standard InChI is InChI=1S/C13H14F2N4O2/c1-13(14,15)11-18-10(19-21-11)9-5-3-8(4-6-9)7-17-12(20)16-2/h3-6H,7H2,1-2H3,(H2,16,17,20). The van der Waals surface area contributed by atoms with Gasteiger partial charge >= 0.3 is 12.0 Å². The van der Waals surface area contributed by atoms with Crippen molar-refractivity contribution in [3.8, 4) is 11.4 Å². The molecule has 2 N–H and O–H groups in total. The third-order valence-electron chi connectivity index (χ3n) is 2.69. The van der Waals surface area contributed by atoms with Gasteiger partial charge in [-0.3, -0.25) is 0 Å². The van der Waals surface area contributed by atoms with Gasteiger partial charge in [-0.25, -0.2) is 4.79 Å². The largest absolute Gasteiger partial charge is 0.341 e. The number of nitrogens with zero attached hydrogens (tertiary/aromatic N) is 2. The predicted molar refractivity (Wildman–Crippen MR) is 70.6 cm³/mol. The summed E-state index contributed by atoms with van der Waals surface area (Å²) in [5.74, 6) is -3.79. The Morgan fingerprint density at radius 1 is 1.33 bits per heavy atom. The van der Waals surface area contributed by atoms with E-state index in [4.69, 9.17) is 0 Å². The van der Waals surface area contributed by atoms with Crippen LogP contribution in [0.25, 0.3) is 11.4 Å². The second kappa shape index (κ2) is 5.86. The normalized spacial score (nSPS) is 11.2. The summed E-state index contributed by atoms with van der Waals surface area (Å²) in [6.45, 7) is 1.04. The number of carbonyl (C=O) groups is 1. The molecule has 0 spiro atoms. The average molecular weight is 296 g/mol. The third-order valence-corrected chi connectivity index (χ3v) is 2.69. The first-order valence-corrected chi connectivity index (χ1v) is 6.17. The fraction of sp³-hybridized carbons (Fsp3) is 0.308. The van der Waals surface area contributed by atoms with Crippen LogP contribution in [0.15, 0.2) is 28.8 Å². The van der Waals surface area contributed by atoms with E-state index in [1.165, 1.54) is 7.05 Å². The van der Waals surface area contributed by atoms with Gasteiger partial charge in [-0.15, -0.1) is 0 Å². The van der Waals surface area contributed by atoms with Crippen LogP contribution in [0.2, 0.25) is 0 Å². The zero-order chi connectivity index (χ0) is 15.5. The molecule has 2 amide bonds. The van der Waals surface area contributed by atoms with Crippen LogP contribution in [0.3, 0.4) is 0 Å². The van der Waals surface area contributed by atoms with E-state index in [9.17, 15) is 13.6 Å². The van der Waals surface area contributed by atoms with Crippen LogP contribution in [0.5, 0.6) is 0 Å². The van der Waals surface area contributed by atoms with Crippen LogP contribution >= 0.6 is 0 Å². The minimum atomic E-state index is -3.16. The lowest BCUT2D eigenvalue weighted by atomic mass is 10.1. The Morgan fingerprint density at radius 3 is 2.52 bits per heavy atom. The highest BCUT2D eigenvalue weighted by Crippen LogP contribution is 2.27. The SMILES string of the molecule is CNC(=O)NCc1ccc(-c2noc(C(C)(F)F)n2)cc1. The molecule has 0 aliphatic carbocycles. The molecule has 0 saturated carbocycles. The van der Waals surface area contributed by atoms with E-state index in [-0.39, 0.29) is 11.9 Å². The lowest BCUT2D eigenvalue weighted by Crippen LogP contribution is -2.32. The van der Waals surface area contributed by atoms with Crippen molar-refractivity contribution in [1.82, 2.24) is 20.8 Å². The van der Waals surface area contributed by atoms with Gasteiger partial charge in [-0.05, 0) is 5.56 Å². The summed E-state index contributed by atoms with van der Waals surface area (Å²) in [5.41, 5.74) is 1.41. The van der Waals surface area contributed by atoms with E-state index in [0.717, 1.165) is 5.56 Å². The van der Waals surface area contributed by atoms with Crippen molar-refractivity contribution in [2.24, 2.45) is 0 Å². The number of carbonyl (C=O) groups excluding carboxylic acids is 1. The molecule has 6 nitrogen and oxygen atoms in total. The molecule has 1 heterocycles. The van der Waals surface area contributed by atoms with Crippen molar-refractivity contribution in [2.45, 2.75) is 19.4 Å². The Labute approximate surface area is 119 Å². The number of benzene rings is 1. The lowest BCUT2D eigenvalue weighted by molar-refractivity contribution is -0.0158. The van der Waals surface area contributed by atoms with Crippen molar-refractivity contribution in [2.75, 3.05) is 7.05 Å². The number of hydrogen-bond donors (Lipinski definition) is 2. The molecule has 2 rings (SSSR count). The molecule has 0 unspecified atom stereocenters. The van der Waals surface area contributed by atoms with Crippen molar-refractivity contribution in [1.29, 1.82) is 0 Å². The van der Waals surface area contributed by atoms with Gasteiger partial charge in [0.1, 0.15) is 0 Å². The Hall–Kier alpha value is -2.51. The van der Waals surface area contributed by atoms with Gasteiger partial charge < -0.3 is 15.2 Å². The number of urea groups is 1. The summed E-state index contributed by atoms with van der Waals surface area (Å²) in [6.07, 6.45) is 0. The Balaban J connectivity index is 2.08. The number of aromatic nitrogens is 2. The van der Waals surface area contributed by atoms with E-state index in [1.54, 1.807) is 24.3 Å². The van der Waals surface area contributed by atoms with Crippen LogP contribution in [-0.4, -0.2) is 23.2 Å². The molecule has 0 atom stereocenters. The predicted octanol–water partition coefficient (Wildman–Crippen LogP) is 2.28. The number of alkyl halides is 2. The average Bonchev–Trinajstić information content (AvgIpc) is 2.95. The third kappa shape index (κ3) is 3.74. The smallest absolute Gasteiger partial charge is 0.322 e. The zero-order valence-electron chi connectivity index (χ0n) is 11.5. The van der Waals surface area contributed by atoms with Gasteiger partial charge in [-0.2, -0.15) is 13.8 Å². The molecule has 0 bridgehead atoms. The molecule has 8 heteroatoms. The molecule has 21 heavy (non-hydrogen) atoms. The summed E-state index contributed by atoms with van der Waals surface area (Å²) in [6, 6.07) is 6.54. The summed E-state index contributed by atoms with van der Waals surface area (Å²) >= 11 is 0. The minimum absolute atomic E-state index is 0.0948. The summed E-state index contributed by atoms with van der Waals surface area (Å²) in [5, 5.41) is 8.59. The van der Waals surface area contributed by atoms with E-state index >= 15 is 0 Å². The molecule has 0 saturated heterocycles. The molecular formula is C13H14F2N4O2. The monoisotopic (exact) mass is 296 g/mol. The molecule has 1 aromatic heterocycles. The van der Waals surface area contributed by atoms with Gasteiger partial charge in [0, 0.05) is 26.1 Å². The van der Waals surface area contributed by atoms with Crippen LogP contribution in [0.1, 0.15) is 18.4 Å². The minimum Gasteiger partial charge on any atom is -0.341 e. The fourth-order valence-electron chi connectivity index (χ4n) is 1.56. The van der Waals surface area contributed by atoms with Gasteiger partial charge in [0.05, 0.1) is 0 Å². The van der Waals surface area contributed by atoms with Gasteiger partial charge in [-0.1, -0.05) is 29.4 Å². The van der Waals surface area contributed by atoms with E-state index in [0.29, 0.717) is 19.0 Å². The van der Waals surface area contributed by atoms with E-state index in [1.807, 2.05) is 0 Å². The maximum atomic E-state index is 13.0. The maximum absolute atomic E-state index is 13.0. The number of amides is 2. The van der Waals surface area contributed by atoms with Crippen LogP contribution < -0.4 is 10.6 Å². The van der Waals surface area contributed by atoms with Gasteiger partial charge in [0.2, 0.25) is 5.82 Å². The van der Waals surface area contributed by atoms with Gasteiger partial charge in [0.15, 0.2) is 0 Å². The Bertz CT molecular complexity index is 620. The zero-order valence-corrected chi connectivity index (χ0v) is 11.5. The van der Waals surface area contributed by atoms with Crippen molar-refractivity contribution >= 4 is 6.03 Å². The summed E-state index contributed by atoms with van der Waals surface area (Å²) in [4.78, 5) is 14.7. The van der Waals surface area contributed by atoms with Crippen LogP contribution in [-0.2, 0) is 12.5 Å². The number of nitrogens with one attached hydrogen (secondary N) is 2. The first kappa shape index (κ1) is 14.9. The topological polar surface area (TPSA) is 80.0 Å². The van der Waals surface area contributed by atoms with Crippen LogP contribution in [0.4, 0.5) is 13.6 Å². The molecule has 0 radical (unpaired) electrons. The molecule has 1 aromatic carbocycles. The van der Waals surface area contributed by atoms with Crippen molar-refractivity contribution in [3.63, 3.8) is 0 Å². The number of halogens is 2. The highest BCUT2D eigenvalue weighted by Gasteiger charge is 2.32.